The van der Waals surface area contributed by atoms with Crippen molar-refractivity contribution in [1.82, 2.24) is 15.0 Å². The molecule has 3 N–H and O–H groups in total. The van der Waals surface area contributed by atoms with Gasteiger partial charge in [0, 0.05) is 32.0 Å². The average molecular weight is 548 g/mol. The number of furan rings is 1. The number of amides is 1. The molecule has 1 fully saturated rings. The lowest BCUT2D eigenvalue weighted by Crippen LogP contribution is -2.27. The summed E-state index contributed by atoms with van der Waals surface area (Å²) in [6.07, 6.45) is 3.94. The first-order chi connectivity index (χ1) is 17.5. The fraction of sp³-hybridized carbons (Fsp3) is 0.462. The second-order valence-electron chi connectivity index (χ2n) is 9.89. The molecule has 0 saturated heterocycles. The topological polar surface area (TPSA) is 139 Å². The Morgan fingerprint density at radius 1 is 1.19 bits per heavy atom. The third-order valence-electron chi connectivity index (χ3n) is 6.48. The number of carbonyl (C=O) groups excluding carboxylic acids is 1. The van der Waals surface area contributed by atoms with Gasteiger partial charge in [0.05, 0.1) is 16.6 Å². The van der Waals surface area contributed by atoms with E-state index in [1.807, 2.05) is 37.3 Å². The number of unbranched alkanes of at least 4 members (excludes halogenated alkanes) is 2. The minimum absolute atomic E-state index is 0.209. The number of benzene rings is 1. The van der Waals surface area contributed by atoms with Gasteiger partial charge in [0.1, 0.15) is 11.5 Å². The molecule has 200 valence electrons. The summed E-state index contributed by atoms with van der Waals surface area (Å²) >= 11 is 0. The highest BCUT2D eigenvalue weighted by molar-refractivity contribution is 7.88. The first-order valence-corrected chi connectivity index (χ1v) is 16.4. The second-order valence-corrected chi connectivity index (χ2v) is 14.2. The lowest BCUT2D eigenvalue weighted by molar-refractivity contribution is 0.0964. The van der Waals surface area contributed by atoms with E-state index in [9.17, 15) is 22.7 Å². The largest absolute Gasteiger partial charge is 0.437 e. The summed E-state index contributed by atoms with van der Waals surface area (Å²) in [7, 11) is -5.14. The van der Waals surface area contributed by atoms with Gasteiger partial charge in [-0.15, -0.1) is 0 Å². The van der Waals surface area contributed by atoms with Gasteiger partial charge >= 0.3 is 0 Å². The molecule has 3 aromatic rings. The van der Waals surface area contributed by atoms with Crippen LogP contribution in [0.4, 0.5) is 0 Å². The monoisotopic (exact) mass is 547 g/mol. The van der Waals surface area contributed by atoms with Crippen LogP contribution in [0.25, 0.3) is 22.4 Å². The molecule has 0 radical (unpaired) electrons. The molecule has 2 heterocycles. The van der Waals surface area contributed by atoms with Crippen LogP contribution in [0, 0.1) is 6.92 Å². The van der Waals surface area contributed by atoms with Crippen LogP contribution < -0.4 is 10.0 Å². The summed E-state index contributed by atoms with van der Waals surface area (Å²) in [5, 5.41) is 3.25. The Morgan fingerprint density at radius 2 is 1.89 bits per heavy atom. The number of sulfonamides is 1. The van der Waals surface area contributed by atoms with E-state index in [0.717, 1.165) is 29.5 Å². The lowest BCUT2D eigenvalue weighted by Gasteiger charge is -2.11. The van der Waals surface area contributed by atoms with Gasteiger partial charge < -0.3 is 14.6 Å². The fourth-order valence-electron chi connectivity index (χ4n) is 4.36. The molecular weight excluding hydrogens is 513 g/mol. The van der Waals surface area contributed by atoms with Gasteiger partial charge in [-0.25, -0.2) is 18.1 Å². The first kappa shape index (κ1) is 27.5. The van der Waals surface area contributed by atoms with Crippen LogP contribution in [0.1, 0.15) is 65.2 Å². The Bertz CT molecular complexity index is 1440. The van der Waals surface area contributed by atoms with Gasteiger partial charge in [0.15, 0.2) is 7.37 Å². The molecule has 1 aromatic carbocycles. The number of carbonyl (C=O) groups is 1. The van der Waals surface area contributed by atoms with Gasteiger partial charge in [-0.2, -0.15) is 0 Å². The van der Waals surface area contributed by atoms with E-state index in [1.165, 1.54) is 6.66 Å². The van der Waals surface area contributed by atoms with Crippen molar-refractivity contribution in [3.8, 4) is 11.3 Å². The van der Waals surface area contributed by atoms with Crippen LogP contribution in [-0.4, -0.2) is 50.6 Å². The molecule has 1 atom stereocenters. The fourth-order valence-corrected chi connectivity index (χ4v) is 6.32. The highest BCUT2D eigenvalue weighted by Gasteiger charge is 2.31. The molecular formula is C26H34N3O6PS. The zero-order chi connectivity index (χ0) is 26.8. The van der Waals surface area contributed by atoms with Crippen molar-refractivity contribution in [2.75, 3.05) is 26.4 Å². The highest BCUT2D eigenvalue weighted by Crippen LogP contribution is 2.44. The van der Waals surface area contributed by atoms with E-state index in [2.05, 4.69) is 15.0 Å². The molecule has 1 amide bonds. The number of fused-ring (bicyclic) bond motifs is 1. The SMILES string of the molecule is CNC(=O)c1c(-c2ccc(C)cc2)oc2nc(CS(=O)(=O)NCCCCCP(C)(=O)O)c(C3CC3)cc12. The van der Waals surface area contributed by atoms with Crippen molar-refractivity contribution >= 4 is 34.4 Å². The zero-order valence-corrected chi connectivity index (χ0v) is 23.1. The molecule has 1 aliphatic carbocycles. The van der Waals surface area contributed by atoms with Gasteiger partial charge in [-0.3, -0.25) is 9.36 Å². The van der Waals surface area contributed by atoms with Crippen molar-refractivity contribution in [3.63, 3.8) is 0 Å². The molecule has 1 aliphatic rings. The van der Waals surface area contributed by atoms with Crippen molar-refractivity contribution in [2.24, 2.45) is 0 Å². The molecule has 0 aliphatic heterocycles. The van der Waals surface area contributed by atoms with E-state index in [1.54, 1.807) is 7.05 Å². The van der Waals surface area contributed by atoms with Crippen LogP contribution in [0.3, 0.4) is 0 Å². The summed E-state index contributed by atoms with van der Waals surface area (Å²) in [6.45, 7) is 3.56. The summed E-state index contributed by atoms with van der Waals surface area (Å²) < 4.78 is 45.8. The number of aromatic nitrogens is 1. The quantitative estimate of drug-likeness (QED) is 0.224. The summed E-state index contributed by atoms with van der Waals surface area (Å²) in [5.74, 6) is 0.0354. The van der Waals surface area contributed by atoms with Crippen LogP contribution in [0.5, 0.6) is 0 Å². The van der Waals surface area contributed by atoms with Gasteiger partial charge in [0.2, 0.25) is 15.7 Å². The minimum Gasteiger partial charge on any atom is -0.437 e. The predicted molar refractivity (Wildman–Crippen MR) is 145 cm³/mol. The van der Waals surface area contributed by atoms with E-state index in [4.69, 9.17) is 4.42 Å². The molecule has 37 heavy (non-hydrogen) atoms. The number of hydrogen-bond acceptors (Lipinski definition) is 6. The van der Waals surface area contributed by atoms with E-state index in [-0.39, 0.29) is 36.0 Å². The van der Waals surface area contributed by atoms with Crippen LogP contribution in [0.15, 0.2) is 34.7 Å². The van der Waals surface area contributed by atoms with Crippen LogP contribution in [0.2, 0.25) is 0 Å². The van der Waals surface area contributed by atoms with Gasteiger partial charge in [-0.05, 0) is 50.2 Å². The maximum Gasteiger partial charge on any atom is 0.255 e. The molecule has 2 aromatic heterocycles. The summed E-state index contributed by atoms with van der Waals surface area (Å²) in [5.41, 5.74) is 3.71. The van der Waals surface area contributed by atoms with E-state index < -0.39 is 17.4 Å². The molecule has 1 saturated carbocycles. The zero-order valence-electron chi connectivity index (χ0n) is 21.4. The third-order valence-corrected chi connectivity index (χ3v) is 8.92. The molecule has 1 unspecified atom stereocenters. The smallest absolute Gasteiger partial charge is 0.255 e. The van der Waals surface area contributed by atoms with Crippen LogP contribution >= 0.6 is 7.37 Å². The number of nitrogens with one attached hydrogen (secondary N) is 2. The molecule has 0 bridgehead atoms. The third kappa shape index (κ3) is 7.08. The van der Waals surface area contributed by atoms with Crippen LogP contribution in [-0.2, 0) is 20.3 Å². The minimum atomic E-state index is -3.67. The number of hydrogen-bond donors (Lipinski definition) is 3. The van der Waals surface area contributed by atoms with E-state index >= 15 is 0 Å². The Kier molecular flexibility index (Phi) is 8.23. The number of pyridine rings is 1. The van der Waals surface area contributed by atoms with Crippen molar-refractivity contribution < 1.29 is 27.1 Å². The molecule has 11 heteroatoms. The average Bonchev–Trinajstić information content (AvgIpc) is 3.60. The summed E-state index contributed by atoms with van der Waals surface area (Å²) in [6, 6.07) is 9.52. The van der Waals surface area contributed by atoms with Crippen molar-refractivity contribution in [2.45, 2.75) is 50.7 Å². The molecule has 4 rings (SSSR count). The first-order valence-electron chi connectivity index (χ1n) is 12.5. The normalized spacial score (nSPS) is 15.6. The Hall–Kier alpha value is -2.52. The van der Waals surface area contributed by atoms with Gasteiger partial charge in [-0.1, -0.05) is 36.2 Å². The molecule has 0 spiro atoms. The lowest BCUT2D eigenvalue weighted by atomic mass is 10.0. The predicted octanol–water partition coefficient (Wildman–Crippen LogP) is 4.53. The standard InChI is InChI=1S/C26H34N3O6PS/c1-17-7-9-19(10-8-17)24-23(25(30)27-2)21-15-20(18-11-12-18)22(29-26(21)35-24)16-37(33,34)28-13-5-4-6-14-36(3,31)32/h7-10,15,18,28H,4-6,11-14,16H2,1-3H3,(H,27,30)(H,31,32). The molecule has 9 nitrogen and oxygen atoms in total. The number of aryl methyl sites for hydroxylation is 1. The van der Waals surface area contributed by atoms with E-state index in [0.29, 0.717) is 41.7 Å². The Balaban J connectivity index is 1.60. The van der Waals surface area contributed by atoms with Crippen molar-refractivity contribution in [1.29, 1.82) is 0 Å². The van der Waals surface area contributed by atoms with Gasteiger partial charge in [0.25, 0.3) is 5.91 Å². The Morgan fingerprint density at radius 3 is 2.51 bits per heavy atom. The maximum atomic E-state index is 12.9. The van der Waals surface area contributed by atoms with Crippen molar-refractivity contribution in [3.05, 3.63) is 52.7 Å². The Labute approximate surface area is 217 Å². The highest BCUT2D eigenvalue weighted by atomic mass is 32.2. The maximum absolute atomic E-state index is 12.9. The number of nitrogens with zero attached hydrogens (tertiary/aromatic N) is 1. The summed E-state index contributed by atoms with van der Waals surface area (Å²) in [4.78, 5) is 26.9. The number of rotatable bonds is 12. The second kappa shape index (κ2) is 11.1.